The summed E-state index contributed by atoms with van der Waals surface area (Å²) in [6.07, 6.45) is 1.21. The maximum Gasteiger partial charge on any atom is 0.407 e. The minimum absolute atomic E-state index is 0.0717. The number of ether oxygens (including phenoxy) is 1. The van der Waals surface area contributed by atoms with Crippen molar-refractivity contribution in [2.75, 3.05) is 18.8 Å². The predicted octanol–water partition coefficient (Wildman–Crippen LogP) is 3.16. The molecule has 0 radical (unpaired) electrons. The highest BCUT2D eigenvalue weighted by Gasteiger charge is 2.27. The molecular weight excluding hydrogens is 374 g/mol. The quantitative estimate of drug-likeness (QED) is 0.750. The Kier molecular flexibility index (Phi) is 5.74. The van der Waals surface area contributed by atoms with Gasteiger partial charge in [0.25, 0.3) is 5.91 Å². The Morgan fingerprint density at radius 2 is 2.08 bits per heavy atom. The topological polar surface area (TPSA) is 84.7 Å². The van der Waals surface area contributed by atoms with Crippen LogP contribution in [-0.4, -0.2) is 41.6 Å². The molecule has 1 saturated heterocycles. The van der Waals surface area contributed by atoms with Crippen molar-refractivity contribution in [3.05, 3.63) is 28.2 Å². The van der Waals surface area contributed by atoms with Gasteiger partial charge in [-0.3, -0.25) is 4.79 Å². The summed E-state index contributed by atoms with van der Waals surface area (Å²) in [5.41, 5.74) is 6.35. The predicted molar refractivity (Wildman–Crippen MR) is 96.8 cm³/mol. The summed E-state index contributed by atoms with van der Waals surface area (Å²) in [5.74, 6) is -0.0717. The zero-order chi connectivity index (χ0) is 17.9. The van der Waals surface area contributed by atoms with E-state index < -0.39 is 11.7 Å². The number of likely N-dealkylation sites (tertiary alicyclic amines) is 1. The van der Waals surface area contributed by atoms with Crippen molar-refractivity contribution in [3.8, 4) is 0 Å². The van der Waals surface area contributed by atoms with E-state index in [1.165, 1.54) is 0 Å². The summed E-state index contributed by atoms with van der Waals surface area (Å²) in [5, 5.41) is 2.85. The third kappa shape index (κ3) is 5.12. The van der Waals surface area contributed by atoms with E-state index in [1.807, 2.05) is 20.8 Å². The van der Waals surface area contributed by atoms with Crippen molar-refractivity contribution in [2.45, 2.75) is 45.3 Å². The first kappa shape index (κ1) is 18.6. The highest BCUT2D eigenvalue weighted by Crippen LogP contribution is 2.23. The van der Waals surface area contributed by atoms with E-state index in [4.69, 9.17) is 10.5 Å². The number of halogens is 1. The zero-order valence-electron chi connectivity index (χ0n) is 14.3. The normalized spacial score (nSPS) is 18.2. The molecule has 1 heterocycles. The van der Waals surface area contributed by atoms with Crippen LogP contribution in [0.3, 0.4) is 0 Å². The first-order valence-corrected chi connectivity index (χ1v) is 8.79. The van der Waals surface area contributed by atoms with Crippen LogP contribution in [0.4, 0.5) is 10.5 Å². The van der Waals surface area contributed by atoms with Gasteiger partial charge in [0, 0.05) is 29.3 Å². The number of hydrogen-bond acceptors (Lipinski definition) is 4. The lowest BCUT2D eigenvalue weighted by molar-refractivity contribution is 0.0452. The summed E-state index contributed by atoms with van der Waals surface area (Å²) < 4.78 is 5.95. The second-order valence-electron chi connectivity index (χ2n) is 6.98. The summed E-state index contributed by atoms with van der Waals surface area (Å²) >= 11 is 3.39. The van der Waals surface area contributed by atoms with Gasteiger partial charge in [0.1, 0.15) is 5.60 Å². The lowest BCUT2D eigenvalue weighted by atomic mass is 10.0. The van der Waals surface area contributed by atoms with Crippen LogP contribution >= 0.6 is 15.9 Å². The molecule has 132 valence electrons. The molecule has 0 unspecified atom stereocenters. The van der Waals surface area contributed by atoms with Gasteiger partial charge in [0.2, 0.25) is 0 Å². The van der Waals surface area contributed by atoms with Gasteiger partial charge < -0.3 is 20.7 Å². The second kappa shape index (κ2) is 7.42. The number of carbonyl (C=O) groups is 2. The standard InChI is InChI=1S/C17H24BrN3O3/c1-17(2,3)24-16(23)20-12-5-4-8-21(10-12)15(22)13-7-6-11(19)9-14(13)18/h6-7,9,12H,4-5,8,10,19H2,1-3H3,(H,20,23)/t12-/m0/s1. The largest absolute Gasteiger partial charge is 0.444 e. The highest BCUT2D eigenvalue weighted by atomic mass is 79.9. The number of piperidine rings is 1. The molecule has 0 saturated carbocycles. The number of nitrogens with two attached hydrogens (primary N) is 1. The minimum Gasteiger partial charge on any atom is -0.444 e. The Bertz CT molecular complexity index is 628. The number of benzene rings is 1. The Balaban J connectivity index is 1.99. The van der Waals surface area contributed by atoms with Crippen molar-refractivity contribution in [1.82, 2.24) is 10.2 Å². The van der Waals surface area contributed by atoms with Crippen LogP contribution in [0.25, 0.3) is 0 Å². The molecule has 1 atom stereocenters. The van der Waals surface area contributed by atoms with Gasteiger partial charge in [-0.05, 0) is 67.7 Å². The number of carbonyl (C=O) groups excluding carboxylic acids is 2. The molecule has 0 bridgehead atoms. The smallest absolute Gasteiger partial charge is 0.407 e. The van der Waals surface area contributed by atoms with E-state index in [1.54, 1.807) is 23.1 Å². The minimum atomic E-state index is -0.539. The molecule has 2 rings (SSSR count). The van der Waals surface area contributed by atoms with Crippen molar-refractivity contribution >= 4 is 33.6 Å². The van der Waals surface area contributed by atoms with E-state index in [0.29, 0.717) is 28.8 Å². The van der Waals surface area contributed by atoms with Gasteiger partial charge in [-0.1, -0.05) is 0 Å². The molecule has 1 aromatic carbocycles. The number of nitrogens with one attached hydrogen (secondary N) is 1. The Morgan fingerprint density at radius 3 is 2.71 bits per heavy atom. The molecule has 6 nitrogen and oxygen atoms in total. The van der Waals surface area contributed by atoms with Gasteiger partial charge in [0.05, 0.1) is 5.56 Å². The number of nitrogens with zero attached hydrogens (tertiary/aromatic N) is 1. The number of rotatable bonds is 2. The van der Waals surface area contributed by atoms with Crippen LogP contribution in [0.2, 0.25) is 0 Å². The molecule has 7 heteroatoms. The van der Waals surface area contributed by atoms with Gasteiger partial charge in [-0.15, -0.1) is 0 Å². The van der Waals surface area contributed by atoms with E-state index in [9.17, 15) is 9.59 Å². The average Bonchev–Trinajstić information content (AvgIpc) is 2.44. The molecule has 1 fully saturated rings. The number of nitrogen functional groups attached to an aromatic ring is 1. The Morgan fingerprint density at radius 1 is 1.38 bits per heavy atom. The van der Waals surface area contributed by atoms with Gasteiger partial charge in [0.15, 0.2) is 0 Å². The molecule has 24 heavy (non-hydrogen) atoms. The molecular formula is C17H24BrN3O3. The molecule has 1 aliphatic heterocycles. The lowest BCUT2D eigenvalue weighted by Crippen LogP contribution is -2.50. The highest BCUT2D eigenvalue weighted by molar-refractivity contribution is 9.10. The summed E-state index contributed by atoms with van der Waals surface area (Å²) in [4.78, 5) is 26.4. The Hall–Kier alpha value is -1.76. The van der Waals surface area contributed by atoms with Gasteiger partial charge in [-0.2, -0.15) is 0 Å². The summed E-state index contributed by atoms with van der Waals surface area (Å²) in [6, 6.07) is 5.03. The lowest BCUT2D eigenvalue weighted by Gasteiger charge is -2.33. The number of hydrogen-bond donors (Lipinski definition) is 2. The van der Waals surface area contributed by atoms with E-state index in [0.717, 1.165) is 12.8 Å². The van der Waals surface area contributed by atoms with Crippen LogP contribution in [0, 0.1) is 0 Å². The summed E-state index contributed by atoms with van der Waals surface area (Å²) in [7, 11) is 0. The SMILES string of the molecule is CC(C)(C)OC(=O)N[C@H]1CCCN(C(=O)c2ccc(N)cc2Br)C1. The fourth-order valence-electron chi connectivity index (χ4n) is 2.63. The van der Waals surface area contributed by atoms with Crippen LogP contribution in [0.1, 0.15) is 44.0 Å². The molecule has 1 aromatic rings. The van der Waals surface area contributed by atoms with E-state index in [-0.39, 0.29) is 11.9 Å². The molecule has 1 aliphatic rings. The van der Waals surface area contributed by atoms with Crippen molar-refractivity contribution in [3.63, 3.8) is 0 Å². The molecule has 3 N–H and O–H groups in total. The van der Waals surface area contributed by atoms with Gasteiger partial charge >= 0.3 is 6.09 Å². The summed E-state index contributed by atoms with van der Waals surface area (Å²) in [6.45, 7) is 6.60. The molecule has 0 aliphatic carbocycles. The van der Waals surface area contributed by atoms with Crippen LogP contribution in [0.15, 0.2) is 22.7 Å². The molecule has 0 spiro atoms. The third-order valence-corrected chi connectivity index (χ3v) is 4.31. The Labute approximate surface area is 150 Å². The number of alkyl carbamates (subject to hydrolysis) is 1. The van der Waals surface area contributed by atoms with Crippen LogP contribution in [0.5, 0.6) is 0 Å². The monoisotopic (exact) mass is 397 g/mol. The number of amides is 2. The first-order valence-electron chi connectivity index (χ1n) is 7.99. The number of anilines is 1. The fourth-order valence-corrected chi connectivity index (χ4v) is 3.19. The third-order valence-electron chi connectivity index (χ3n) is 3.65. The van der Waals surface area contributed by atoms with Crippen LogP contribution < -0.4 is 11.1 Å². The maximum atomic E-state index is 12.7. The molecule has 2 amide bonds. The zero-order valence-corrected chi connectivity index (χ0v) is 15.9. The van der Waals surface area contributed by atoms with Crippen LogP contribution in [-0.2, 0) is 4.74 Å². The second-order valence-corrected chi connectivity index (χ2v) is 7.83. The van der Waals surface area contributed by atoms with Crippen molar-refractivity contribution in [1.29, 1.82) is 0 Å². The van der Waals surface area contributed by atoms with Crippen molar-refractivity contribution < 1.29 is 14.3 Å². The van der Waals surface area contributed by atoms with E-state index in [2.05, 4.69) is 21.2 Å². The van der Waals surface area contributed by atoms with Crippen molar-refractivity contribution in [2.24, 2.45) is 0 Å². The van der Waals surface area contributed by atoms with Gasteiger partial charge in [-0.25, -0.2) is 4.79 Å². The molecule has 0 aromatic heterocycles. The van der Waals surface area contributed by atoms with E-state index >= 15 is 0 Å². The average molecular weight is 398 g/mol. The fraction of sp³-hybridized carbons (Fsp3) is 0.529. The maximum absolute atomic E-state index is 12.7. The first-order chi connectivity index (χ1) is 11.2.